The fourth-order valence-electron chi connectivity index (χ4n) is 2.23. The van der Waals surface area contributed by atoms with Gasteiger partial charge in [0.05, 0.1) is 5.56 Å². The van der Waals surface area contributed by atoms with E-state index in [-0.39, 0.29) is 6.03 Å². The van der Waals surface area contributed by atoms with E-state index in [0.29, 0.717) is 37.2 Å². The first-order chi connectivity index (χ1) is 9.91. The number of fused-ring (bicyclic) bond motifs is 1. The van der Waals surface area contributed by atoms with E-state index < -0.39 is 11.7 Å². The summed E-state index contributed by atoms with van der Waals surface area (Å²) < 4.78 is 38.4. The van der Waals surface area contributed by atoms with Gasteiger partial charge in [0.1, 0.15) is 0 Å². The van der Waals surface area contributed by atoms with Crippen LogP contribution in [0.3, 0.4) is 0 Å². The minimum Gasteiger partial charge on any atom is -0.341 e. The number of urea groups is 1. The van der Waals surface area contributed by atoms with Crippen LogP contribution in [0.15, 0.2) is 23.2 Å². The van der Waals surface area contributed by atoms with Crippen molar-refractivity contribution in [3.8, 4) is 0 Å². The number of nitrogens with one attached hydrogen (secondary N) is 2. The summed E-state index contributed by atoms with van der Waals surface area (Å²) in [6.45, 7) is 0.891. The summed E-state index contributed by atoms with van der Waals surface area (Å²) in [6, 6.07) is 3.44. The Labute approximate surface area is 120 Å². The Balaban J connectivity index is 2.16. The molecule has 21 heavy (non-hydrogen) atoms. The number of hydrogen-bond acceptors (Lipinski definition) is 2. The van der Waals surface area contributed by atoms with E-state index in [1.165, 1.54) is 13.1 Å². The maximum absolute atomic E-state index is 12.8. The summed E-state index contributed by atoms with van der Waals surface area (Å²) in [5.41, 5.74) is 1.34. The van der Waals surface area contributed by atoms with Crippen LogP contribution >= 0.6 is 0 Å². The molecule has 0 fully saturated rings. The molecule has 4 nitrogen and oxygen atoms in total. The van der Waals surface area contributed by atoms with E-state index in [1.807, 2.05) is 0 Å². The molecule has 0 aromatic heterocycles. The van der Waals surface area contributed by atoms with Crippen LogP contribution in [0, 0.1) is 0 Å². The first-order valence-electron chi connectivity index (χ1n) is 6.61. The summed E-state index contributed by atoms with van der Waals surface area (Å²) in [5.74, 6) is 0. The van der Waals surface area contributed by atoms with Crippen LogP contribution in [0.1, 0.15) is 23.1 Å². The summed E-state index contributed by atoms with van der Waals surface area (Å²) in [7, 11) is 1.50. The molecule has 1 heterocycles. The average molecular weight is 299 g/mol. The number of hydrogen-bond donors (Lipinski definition) is 2. The summed E-state index contributed by atoms with van der Waals surface area (Å²) in [4.78, 5) is 15.4. The largest absolute Gasteiger partial charge is 0.416 e. The van der Waals surface area contributed by atoms with Crippen LogP contribution in [-0.2, 0) is 12.6 Å². The second kappa shape index (κ2) is 6.15. The molecule has 1 aromatic carbocycles. The first kappa shape index (κ1) is 15.3. The number of carbonyl (C=O) groups is 1. The van der Waals surface area contributed by atoms with Crippen molar-refractivity contribution in [3.63, 3.8) is 0 Å². The highest BCUT2D eigenvalue weighted by molar-refractivity contribution is 6.03. The fourth-order valence-corrected chi connectivity index (χ4v) is 2.23. The summed E-state index contributed by atoms with van der Waals surface area (Å²) >= 11 is 0. The predicted octanol–water partition coefficient (Wildman–Crippen LogP) is 2.37. The van der Waals surface area contributed by atoms with E-state index in [1.54, 1.807) is 0 Å². The highest BCUT2D eigenvalue weighted by atomic mass is 19.4. The topological polar surface area (TPSA) is 53.5 Å². The first-order valence-corrected chi connectivity index (χ1v) is 6.61. The molecule has 2 rings (SSSR count). The molecule has 2 amide bonds. The molecular formula is C14H16F3N3O. The lowest BCUT2D eigenvalue weighted by Gasteiger charge is -2.19. The van der Waals surface area contributed by atoms with E-state index in [9.17, 15) is 18.0 Å². The Kier molecular flexibility index (Phi) is 4.50. The Hall–Kier alpha value is -2.05. The standard InChI is InChI=1S/C14H16F3N3O/c1-18-13(21)20-7-5-12-11-8-10(14(15,16)17)3-2-9(11)4-6-19-12/h2-3,8H,4-7H2,1H3,(H2,18,20,21). The average Bonchev–Trinajstić information content (AvgIpc) is 2.45. The molecule has 0 bridgehead atoms. The van der Waals surface area contributed by atoms with Gasteiger partial charge in [0.25, 0.3) is 0 Å². The maximum Gasteiger partial charge on any atom is 0.416 e. The highest BCUT2D eigenvalue weighted by Gasteiger charge is 2.31. The van der Waals surface area contributed by atoms with E-state index in [4.69, 9.17) is 0 Å². The van der Waals surface area contributed by atoms with Crippen LogP contribution in [0.25, 0.3) is 0 Å². The van der Waals surface area contributed by atoms with Gasteiger partial charge in [-0.25, -0.2) is 4.79 Å². The van der Waals surface area contributed by atoms with Crippen molar-refractivity contribution in [2.75, 3.05) is 20.1 Å². The molecule has 0 spiro atoms. The van der Waals surface area contributed by atoms with Gasteiger partial charge in [-0.1, -0.05) is 6.07 Å². The van der Waals surface area contributed by atoms with Gasteiger partial charge in [-0.15, -0.1) is 0 Å². The van der Waals surface area contributed by atoms with Gasteiger partial charge in [0.2, 0.25) is 0 Å². The molecule has 1 aliphatic heterocycles. The fraction of sp³-hybridized carbons (Fsp3) is 0.429. The number of carbonyl (C=O) groups excluding carboxylic acids is 1. The molecule has 0 aliphatic carbocycles. The molecule has 2 N–H and O–H groups in total. The number of nitrogens with zero attached hydrogens (tertiary/aromatic N) is 1. The van der Waals surface area contributed by atoms with Crippen LogP contribution in [-0.4, -0.2) is 31.9 Å². The lowest BCUT2D eigenvalue weighted by Crippen LogP contribution is -2.34. The van der Waals surface area contributed by atoms with Crippen LogP contribution in [0.4, 0.5) is 18.0 Å². The number of benzene rings is 1. The number of halogens is 3. The highest BCUT2D eigenvalue weighted by Crippen LogP contribution is 2.31. The molecule has 0 atom stereocenters. The third-order valence-corrected chi connectivity index (χ3v) is 3.31. The van der Waals surface area contributed by atoms with Gasteiger partial charge in [-0.05, 0) is 29.7 Å². The van der Waals surface area contributed by atoms with Crippen molar-refractivity contribution >= 4 is 11.7 Å². The van der Waals surface area contributed by atoms with Crippen molar-refractivity contribution in [2.45, 2.75) is 19.0 Å². The van der Waals surface area contributed by atoms with Crippen molar-refractivity contribution < 1.29 is 18.0 Å². The lowest BCUT2D eigenvalue weighted by molar-refractivity contribution is -0.137. The monoisotopic (exact) mass is 299 g/mol. The molecule has 0 saturated heterocycles. The third kappa shape index (κ3) is 3.74. The zero-order valence-electron chi connectivity index (χ0n) is 11.5. The van der Waals surface area contributed by atoms with Crippen LogP contribution in [0.2, 0.25) is 0 Å². The van der Waals surface area contributed by atoms with E-state index in [0.717, 1.165) is 17.7 Å². The van der Waals surface area contributed by atoms with Crippen molar-refractivity contribution in [2.24, 2.45) is 4.99 Å². The molecule has 0 unspecified atom stereocenters. The quantitative estimate of drug-likeness (QED) is 0.884. The third-order valence-electron chi connectivity index (χ3n) is 3.31. The van der Waals surface area contributed by atoms with E-state index >= 15 is 0 Å². The molecular weight excluding hydrogens is 283 g/mol. The number of aliphatic imine (C=N–C) groups is 1. The minimum atomic E-state index is -4.36. The maximum atomic E-state index is 12.8. The summed E-state index contributed by atoms with van der Waals surface area (Å²) in [5, 5.41) is 5.01. The zero-order valence-corrected chi connectivity index (χ0v) is 11.5. The normalized spacial score (nSPS) is 14.2. The molecule has 0 saturated carbocycles. The molecule has 7 heteroatoms. The second-order valence-electron chi connectivity index (χ2n) is 4.70. The molecule has 1 aromatic rings. The predicted molar refractivity (Wildman–Crippen MR) is 73.6 cm³/mol. The second-order valence-corrected chi connectivity index (χ2v) is 4.70. The minimum absolute atomic E-state index is 0.323. The molecule has 1 aliphatic rings. The Morgan fingerprint density at radius 3 is 2.81 bits per heavy atom. The van der Waals surface area contributed by atoms with E-state index in [2.05, 4.69) is 15.6 Å². The van der Waals surface area contributed by atoms with Gasteiger partial charge in [0.15, 0.2) is 0 Å². The number of amides is 2. The number of alkyl halides is 3. The molecule has 114 valence electrons. The van der Waals surface area contributed by atoms with Crippen molar-refractivity contribution in [3.05, 3.63) is 34.9 Å². The lowest BCUT2D eigenvalue weighted by atomic mass is 9.94. The van der Waals surface area contributed by atoms with Gasteiger partial charge in [0, 0.05) is 32.3 Å². The number of rotatable bonds is 3. The van der Waals surface area contributed by atoms with Gasteiger partial charge in [-0.2, -0.15) is 13.2 Å². The Morgan fingerprint density at radius 2 is 2.14 bits per heavy atom. The van der Waals surface area contributed by atoms with Crippen molar-refractivity contribution in [1.82, 2.24) is 10.6 Å². The summed E-state index contributed by atoms with van der Waals surface area (Å²) in [6.07, 6.45) is -3.32. The Morgan fingerprint density at radius 1 is 1.38 bits per heavy atom. The smallest absolute Gasteiger partial charge is 0.341 e. The van der Waals surface area contributed by atoms with Crippen LogP contribution in [0.5, 0.6) is 0 Å². The van der Waals surface area contributed by atoms with Gasteiger partial charge >= 0.3 is 12.2 Å². The SMILES string of the molecule is CNC(=O)NCCC1=NCCc2ccc(C(F)(F)F)cc21. The van der Waals surface area contributed by atoms with Gasteiger partial charge in [-0.3, -0.25) is 4.99 Å². The zero-order chi connectivity index (χ0) is 15.5. The Bertz CT molecular complexity index is 567. The van der Waals surface area contributed by atoms with Crippen LogP contribution < -0.4 is 10.6 Å². The van der Waals surface area contributed by atoms with Gasteiger partial charge < -0.3 is 10.6 Å². The van der Waals surface area contributed by atoms with Crippen molar-refractivity contribution in [1.29, 1.82) is 0 Å². The molecule has 0 radical (unpaired) electrons.